The van der Waals surface area contributed by atoms with E-state index < -0.39 is 6.10 Å². The summed E-state index contributed by atoms with van der Waals surface area (Å²) in [6.45, 7) is 6.59. The second-order valence-corrected chi connectivity index (χ2v) is 18.1. The lowest BCUT2D eigenvalue weighted by Gasteiger charge is -2.18. The average Bonchev–Trinajstić information content (AvgIpc) is 3.27. The van der Waals surface area contributed by atoms with Gasteiger partial charge in [-0.3, -0.25) is 14.4 Å². The number of rotatable bonds is 49. The largest absolute Gasteiger partial charge is 0.462 e. The van der Waals surface area contributed by atoms with Gasteiger partial charge in [-0.2, -0.15) is 0 Å². The molecule has 0 saturated carbocycles. The molecule has 0 aromatic heterocycles. The van der Waals surface area contributed by atoms with Gasteiger partial charge in [0.2, 0.25) is 0 Å². The van der Waals surface area contributed by atoms with Crippen LogP contribution in [0.4, 0.5) is 0 Å². The van der Waals surface area contributed by atoms with E-state index in [4.69, 9.17) is 14.2 Å². The van der Waals surface area contributed by atoms with Gasteiger partial charge in [0.1, 0.15) is 13.2 Å². The summed E-state index contributed by atoms with van der Waals surface area (Å²) < 4.78 is 16.7. The van der Waals surface area contributed by atoms with Crippen LogP contribution in [-0.2, 0) is 28.6 Å². The van der Waals surface area contributed by atoms with Crippen LogP contribution in [0.3, 0.4) is 0 Å². The van der Waals surface area contributed by atoms with E-state index in [1.54, 1.807) is 0 Å². The Kier molecular flexibility index (Phi) is 49.3. The first-order valence-corrected chi connectivity index (χ1v) is 27.0. The maximum absolute atomic E-state index is 12.7. The molecule has 0 bridgehead atoms. The van der Waals surface area contributed by atoms with Crippen molar-refractivity contribution in [3.8, 4) is 0 Å². The molecule has 1 unspecified atom stereocenters. The molecule has 0 N–H and O–H groups in total. The molecule has 0 spiro atoms. The number of carbonyl (C=O) groups excluding carboxylic acids is 3. The summed E-state index contributed by atoms with van der Waals surface area (Å²) >= 11 is 0. The molecule has 0 heterocycles. The van der Waals surface area contributed by atoms with Crippen LogP contribution in [0, 0.1) is 0 Å². The normalized spacial score (nSPS) is 12.2. The summed E-state index contributed by atoms with van der Waals surface area (Å²) in [5.74, 6) is -0.881. The number of carbonyl (C=O) groups is 3. The minimum atomic E-state index is -0.772. The zero-order valence-corrected chi connectivity index (χ0v) is 41.4. The maximum atomic E-state index is 12.7. The second kappa shape index (κ2) is 51.3. The van der Waals surface area contributed by atoms with Gasteiger partial charge < -0.3 is 14.2 Å². The first kappa shape index (κ1) is 59.6. The smallest absolute Gasteiger partial charge is 0.306 e. The summed E-state index contributed by atoms with van der Waals surface area (Å²) in [4.78, 5) is 37.8. The first-order valence-electron chi connectivity index (χ1n) is 27.0. The summed E-state index contributed by atoms with van der Waals surface area (Å²) in [6, 6.07) is 0. The van der Waals surface area contributed by atoms with E-state index in [1.807, 2.05) is 0 Å². The van der Waals surface area contributed by atoms with Crippen molar-refractivity contribution >= 4 is 17.9 Å². The molecule has 6 nitrogen and oxygen atoms in total. The molecule has 0 rings (SSSR count). The quantitative estimate of drug-likeness (QED) is 0.0262. The summed E-state index contributed by atoms with van der Waals surface area (Å²) in [5, 5.41) is 0. The van der Waals surface area contributed by atoms with Gasteiger partial charge in [0, 0.05) is 19.3 Å². The molecule has 0 saturated heterocycles. The van der Waals surface area contributed by atoms with Crippen LogP contribution in [0.2, 0.25) is 0 Å². The molecular formula is C56H102O6. The van der Waals surface area contributed by atoms with Crippen molar-refractivity contribution in [1.29, 1.82) is 0 Å². The topological polar surface area (TPSA) is 78.9 Å². The van der Waals surface area contributed by atoms with Crippen molar-refractivity contribution in [2.24, 2.45) is 0 Å². The molecule has 362 valence electrons. The highest BCUT2D eigenvalue weighted by molar-refractivity contribution is 5.71. The van der Waals surface area contributed by atoms with Crippen LogP contribution in [0.25, 0.3) is 0 Å². The van der Waals surface area contributed by atoms with E-state index in [9.17, 15) is 14.4 Å². The minimum Gasteiger partial charge on any atom is -0.462 e. The third-order valence-corrected chi connectivity index (χ3v) is 11.9. The fourth-order valence-electron chi connectivity index (χ4n) is 7.76. The van der Waals surface area contributed by atoms with E-state index in [0.29, 0.717) is 19.3 Å². The molecule has 6 heteroatoms. The SMILES string of the molecule is CCCCCCC/C=C\C/C=C\CCCCCCCCCCCCCC(=O)OCC(COC(=O)CCCCCCCCC)OC(=O)CCCCCCC/C=C\CCCCCCC. The molecule has 0 fully saturated rings. The average molecular weight is 871 g/mol. The monoisotopic (exact) mass is 871 g/mol. The standard InChI is InChI=1S/C56H102O6/c1-4-7-10-13-16-18-20-22-24-25-26-27-28-29-30-31-32-34-35-37-40-43-46-49-55(58)61-52-53(51-60-54(57)48-45-42-39-15-12-9-6-3)62-56(59)50-47-44-41-38-36-33-23-21-19-17-14-11-8-5-2/h20-23,25-26,53H,4-19,24,27-52H2,1-3H3/b22-20-,23-21-,26-25-. The van der Waals surface area contributed by atoms with Crippen molar-refractivity contribution in [3.05, 3.63) is 36.5 Å². The highest BCUT2D eigenvalue weighted by Gasteiger charge is 2.19. The Balaban J connectivity index is 4.16. The van der Waals surface area contributed by atoms with Crippen LogP contribution < -0.4 is 0 Å². The number of allylic oxidation sites excluding steroid dienone is 6. The van der Waals surface area contributed by atoms with Crippen molar-refractivity contribution < 1.29 is 28.6 Å². The first-order chi connectivity index (χ1) is 30.5. The molecule has 62 heavy (non-hydrogen) atoms. The fraction of sp³-hybridized carbons (Fsp3) is 0.839. The van der Waals surface area contributed by atoms with Gasteiger partial charge >= 0.3 is 17.9 Å². The van der Waals surface area contributed by atoms with Gasteiger partial charge in [-0.05, 0) is 77.0 Å². The zero-order valence-electron chi connectivity index (χ0n) is 41.4. The molecule has 1 atom stereocenters. The van der Waals surface area contributed by atoms with Gasteiger partial charge in [-0.15, -0.1) is 0 Å². The molecule has 0 radical (unpaired) electrons. The van der Waals surface area contributed by atoms with Crippen molar-refractivity contribution in [2.75, 3.05) is 13.2 Å². The summed E-state index contributed by atoms with van der Waals surface area (Å²) in [6.07, 6.45) is 60.1. The molecule has 0 amide bonds. The Hall–Kier alpha value is -2.37. The van der Waals surface area contributed by atoms with Crippen LogP contribution in [0.5, 0.6) is 0 Å². The summed E-state index contributed by atoms with van der Waals surface area (Å²) in [7, 11) is 0. The van der Waals surface area contributed by atoms with Gasteiger partial charge in [-0.25, -0.2) is 0 Å². The second-order valence-electron chi connectivity index (χ2n) is 18.1. The maximum Gasteiger partial charge on any atom is 0.306 e. The minimum absolute atomic E-state index is 0.0740. The molecule has 0 aliphatic rings. The molecule has 0 aromatic rings. The van der Waals surface area contributed by atoms with Crippen molar-refractivity contribution in [2.45, 2.75) is 290 Å². The Morgan fingerprint density at radius 1 is 0.323 bits per heavy atom. The lowest BCUT2D eigenvalue weighted by molar-refractivity contribution is -0.167. The van der Waals surface area contributed by atoms with Gasteiger partial charge in [0.25, 0.3) is 0 Å². The summed E-state index contributed by atoms with van der Waals surface area (Å²) in [5.41, 5.74) is 0. The van der Waals surface area contributed by atoms with E-state index in [0.717, 1.165) is 70.6 Å². The number of unbranched alkanes of at least 4 members (excludes halogenated alkanes) is 32. The van der Waals surface area contributed by atoms with Crippen molar-refractivity contribution in [1.82, 2.24) is 0 Å². The van der Waals surface area contributed by atoms with Gasteiger partial charge in [0.05, 0.1) is 0 Å². The Morgan fingerprint density at radius 2 is 0.581 bits per heavy atom. The Bertz CT molecular complexity index is 1050. The number of hydrogen-bond acceptors (Lipinski definition) is 6. The molecule has 0 aliphatic heterocycles. The van der Waals surface area contributed by atoms with Crippen LogP contribution in [0.15, 0.2) is 36.5 Å². The molecule has 0 aliphatic carbocycles. The van der Waals surface area contributed by atoms with Gasteiger partial charge in [0.15, 0.2) is 6.10 Å². The van der Waals surface area contributed by atoms with Crippen molar-refractivity contribution in [3.63, 3.8) is 0 Å². The molecular weight excluding hydrogens is 769 g/mol. The lowest BCUT2D eigenvalue weighted by Crippen LogP contribution is -2.30. The van der Waals surface area contributed by atoms with E-state index >= 15 is 0 Å². The zero-order chi connectivity index (χ0) is 45.1. The van der Waals surface area contributed by atoms with Gasteiger partial charge in [-0.1, -0.05) is 224 Å². The predicted octanol–water partition coefficient (Wildman–Crippen LogP) is 17.7. The van der Waals surface area contributed by atoms with Crippen LogP contribution >= 0.6 is 0 Å². The van der Waals surface area contributed by atoms with E-state index in [2.05, 4.69) is 57.2 Å². The van der Waals surface area contributed by atoms with E-state index in [-0.39, 0.29) is 31.1 Å². The third-order valence-electron chi connectivity index (χ3n) is 11.9. The Labute approximate surface area is 385 Å². The molecule has 0 aromatic carbocycles. The highest BCUT2D eigenvalue weighted by Crippen LogP contribution is 2.15. The highest BCUT2D eigenvalue weighted by atomic mass is 16.6. The Morgan fingerprint density at radius 3 is 0.903 bits per heavy atom. The fourth-order valence-corrected chi connectivity index (χ4v) is 7.76. The number of ether oxygens (including phenoxy) is 3. The van der Waals surface area contributed by atoms with Crippen LogP contribution in [-0.4, -0.2) is 37.2 Å². The number of esters is 3. The third kappa shape index (κ3) is 48.7. The van der Waals surface area contributed by atoms with Crippen LogP contribution in [0.1, 0.15) is 284 Å². The van der Waals surface area contributed by atoms with E-state index in [1.165, 1.54) is 173 Å². The predicted molar refractivity (Wildman–Crippen MR) is 266 cm³/mol. The number of hydrogen-bond donors (Lipinski definition) is 0. The lowest BCUT2D eigenvalue weighted by atomic mass is 10.0.